The molecule has 23 heavy (non-hydrogen) atoms. The molecule has 5 heteroatoms. The van der Waals surface area contributed by atoms with Crippen LogP contribution in [0.4, 0.5) is 5.69 Å². The minimum atomic E-state index is -3.47. The van der Waals surface area contributed by atoms with Gasteiger partial charge in [0.15, 0.2) is 0 Å². The Bertz CT molecular complexity index is 927. The van der Waals surface area contributed by atoms with E-state index in [1.54, 1.807) is 5.32 Å². The highest BCUT2D eigenvalue weighted by Crippen LogP contribution is 2.36. The van der Waals surface area contributed by atoms with Gasteiger partial charge in [0.1, 0.15) is 0 Å². The molecule has 2 atom stereocenters. The van der Waals surface area contributed by atoms with Crippen molar-refractivity contribution < 1.29 is 25.8 Å². The summed E-state index contributed by atoms with van der Waals surface area (Å²) < 4.78 is 109. The third-order valence-electron chi connectivity index (χ3n) is 4.37. The van der Waals surface area contributed by atoms with Crippen LogP contribution in [0.3, 0.4) is 0 Å². The highest BCUT2D eigenvalue weighted by molar-refractivity contribution is 6.62. The van der Waals surface area contributed by atoms with Crippen LogP contribution in [-0.2, 0) is 9.31 Å². The van der Waals surface area contributed by atoms with E-state index in [1.807, 2.05) is 27.7 Å². The molecule has 1 aromatic carbocycles. The average Bonchev–Trinajstić information content (AvgIpc) is 2.86. The second-order valence-corrected chi connectivity index (χ2v) is 6.61. The van der Waals surface area contributed by atoms with Gasteiger partial charge in [-0.05, 0) is 59.0 Å². The fraction of sp³-hybridized carbons (Fsp3) is 0.667. The molecule has 2 unspecified atom stereocenters. The summed E-state index contributed by atoms with van der Waals surface area (Å²) in [4.78, 5) is 0.253. The summed E-state index contributed by atoms with van der Waals surface area (Å²) in [6.07, 6.45) is 0. The van der Waals surface area contributed by atoms with Crippen molar-refractivity contribution in [3.63, 3.8) is 0 Å². The molecule has 2 fully saturated rings. The molecule has 0 radical (unpaired) electrons. The average molecular weight is 328 g/mol. The lowest BCUT2D eigenvalue weighted by atomic mass is 9.79. The molecule has 2 aliphatic rings. The Labute approximate surface area is 157 Å². The molecule has 0 spiro atoms. The lowest BCUT2D eigenvalue weighted by Gasteiger charge is -2.37. The molecule has 1 aromatic rings. The monoisotopic (exact) mass is 328 g/mol. The molecule has 4 nitrogen and oxygen atoms in total. The summed E-state index contributed by atoms with van der Waals surface area (Å²) in [7, 11) is -0.791. The molecule has 0 saturated carbocycles. The third kappa shape index (κ3) is 3.28. The molecule has 126 valence electrons. The number of hydrogen-bond acceptors (Lipinski definition) is 4. The van der Waals surface area contributed by atoms with Crippen LogP contribution in [0.25, 0.3) is 0 Å². The molecule has 0 amide bonds. The van der Waals surface area contributed by atoms with E-state index >= 15 is 0 Å². The Morgan fingerprint density at radius 2 is 1.65 bits per heavy atom. The second-order valence-electron chi connectivity index (χ2n) is 6.61. The van der Waals surface area contributed by atoms with Crippen molar-refractivity contribution in [1.29, 1.82) is 0 Å². The highest BCUT2D eigenvalue weighted by atomic mass is 16.7. The second kappa shape index (κ2) is 5.80. The predicted molar refractivity (Wildman–Crippen MR) is 96.4 cm³/mol. The first-order valence-electron chi connectivity index (χ1n) is 13.4. The summed E-state index contributed by atoms with van der Waals surface area (Å²) in [6.45, 7) is -6.14. The topological polar surface area (TPSA) is 33.7 Å². The summed E-state index contributed by atoms with van der Waals surface area (Å²) in [6, 6.07) is -1.33. The van der Waals surface area contributed by atoms with Gasteiger partial charge in [-0.2, -0.15) is 0 Å². The number of benzene rings is 1. The van der Waals surface area contributed by atoms with Gasteiger partial charge in [0.2, 0.25) is 0 Å². The van der Waals surface area contributed by atoms with Gasteiger partial charge in [0.25, 0.3) is 0 Å². The first-order chi connectivity index (χ1) is 15.4. The van der Waals surface area contributed by atoms with Crippen molar-refractivity contribution in [2.24, 2.45) is 0 Å². The zero-order valence-electron chi connectivity index (χ0n) is 25.7. The smallest absolute Gasteiger partial charge is 0.399 e. The highest BCUT2D eigenvalue weighted by Gasteiger charge is 2.51. The van der Waals surface area contributed by atoms with Crippen molar-refractivity contribution in [2.75, 3.05) is 17.9 Å². The maximum absolute atomic E-state index is 8.52. The van der Waals surface area contributed by atoms with Gasteiger partial charge in [0, 0.05) is 41.7 Å². The van der Waals surface area contributed by atoms with Crippen LogP contribution in [-0.4, -0.2) is 43.3 Å². The summed E-state index contributed by atoms with van der Waals surface area (Å²) >= 11 is 0. The Balaban J connectivity index is 2.14. The molecule has 0 aliphatic carbocycles. The van der Waals surface area contributed by atoms with E-state index < -0.39 is 57.1 Å². The number of nitrogens with zero attached hydrogens (tertiary/aromatic N) is 1. The van der Waals surface area contributed by atoms with Crippen LogP contribution < -0.4 is 15.7 Å². The number of rotatable bonds is 2. The van der Waals surface area contributed by atoms with Crippen molar-refractivity contribution in [3.8, 4) is 0 Å². The first-order valence-corrected chi connectivity index (χ1v) is 7.41. The van der Waals surface area contributed by atoms with Gasteiger partial charge in [-0.25, -0.2) is 0 Å². The standard InChI is InChI=1S/C18H29BN2O2/c1-13-11-21(12-14(2)20-13)16-9-7-15(8-10-16)19-22-17(3,4)18(5,6)23-19/h7-10,13-14,20H,11-12H2,1-6H3/i1D3,2D3,11D2,12D2,13D,14D. The van der Waals surface area contributed by atoms with Crippen molar-refractivity contribution >= 4 is 18.3 Å². The molecule has 0 aromatic heterocycles. The molecule has 2 saturated heterocycles. The van der Waals surface area contributed by atoms with Gasteiger partial charge >= 0.3 is 7.12 Å². The van der Waals surface area contributed by atoms with Crippen LogP contribution in [0.1, 0.15) is 57.8 Å². The Morgan fingerprint density at radius 3 is 2.13 bits per heavy atom. The van der Waals surface area contributed by atoms with Crippen LogP contribution in [0.2, 0.25) is 0 Å². The molecule has 0 bridgehead atoms. The quantitative estimate of drug-likeness (QED) is 0.844. The minimum absolute atomic E-state index is 0.253. The minimum Gasteiger partial charge on any atom is -0.399 e. The van der Waals surface area contributed by atoms with E-state index in [1.165, 1.54) is 24.3 Å². The van der Waals surface area contributed by atoms with Crippen molar-refractivity contribution in [2.45, 2.75) is 64.6 Å². The van der Waals surface area contributed by atoms with Crippen LogP contribution in [0.5, 0.6) is 0 Å². The SMILES string of the molecule is [2H]C([2H])([2H])C1([2H])NC([2H])(C([2H])([2H])[2H])C([2H])([2H])N(c2ccc(B3OC(C)(C)C(C)(C)O3)cc2)C1([2H])[2H]. The summed E-state index contributed by atoms with van der Waals surface area (Å²) in [5.41, 5.74) is -1.04. The van der Waals surface area contributed by atoms with Gasteiger partial charge in [-0.15, -0.1) is 0 Å². The van der Waals surface area contributed by atoms with Gasteiger partial charge in [0.05, 0.1) is 16.7 Å². The zero-order chi connectivity index (χ0) is 27.3. The van der Waals surface area contributed by atoms with Crippen LogP contribution in [0, 0.1) is 0 Å². The lowest BCUT2D eigenvalue weighted by Crippen LogP contribution is -2.54. The van der Waals surface area contributed by atoms with Crippen LogP contribution in [0.15, 0.2) is 24.3 Å². The Morgan fingerprint density at radius 1 is 1.13 bits per heavy atom. The Kier molecular flexibility index (Phi) is 1.88. The number of anilines is 1. The fourth-order valence-corrected chi connectivity index (χ4v) is 2.32. The van der Waals surface area contributed by atoms with Gasteiger partial charge in [-0.1, -0.05) is 12.1 Å². The summed E-state index contributed by atoms with van der Waals surface area (Å²) in [5, 5.41) is 1.72. The molecular formula is C18H29BN2O2. The molecular weight excluding hydrogens is 287 g/mol. The number of hydrogen-bond donors (Lipinski definition) is 1. The van der Waals surface area contributed by atoms with E-state index in [2.05, 4.69) is 0 Å². The molecule has 3 rings (SSSR count). The van der Waals surface area contributed by atoms with Gasteiger partial charge < -0.3 is 19.5 Å². The maximum atomic E-state index is 8.52. The van der Waals surface area contributed by atoms with E-state index in [9.17, 15) is 0 Å². The maximum Gasteiger partial charge on any atom is 0.494 e. The van der Waals surface area contributed by atoms with Crippen LogP contribution >= 0.6 is 0 Å². The lowest BCUT2D eigenvalue weighted by molar-refractivity contribution is 0.00578. The van der Waals surface area contributed by atoms with E-state index in [0.29, 0.717) is 5.46 Å². The molecule has 2 aliphatic heterocycles. The number of nitrogens with one attached hydrogen (secondary N) is 1. The van der Waals surface area contributed by atoms with Gasteiger partial charge in [-0.3, -0.25) is 0 Å². The summed E-state index contributed by atoms with van der Waals surface area (Å²) in [5.74, 6) is 0. The third-order valence-corrected chi connectivity index (χ3v) is 4.37. The van der Waals surface area contributed by atoms with E-state index in [0.717, 1.165) is 0 Å². The fourth-order valence-electron chi connectivity index (χ4n) is 2.32. The molecule has 2 heterocycles. The van der Waals surface area contributed by atoms with Crippen molar-refractivity contribution in [1.82, 2.24) is 5.32 Å². The van der Waals surface area contributed by atoms with E-state index in [4.69, 9.17) is 25.8 Å². The Hall–Kier alpha value is -1.04. The normalized spacial score (nSPS) is 49.4. The largest absolute Gasteiger partial charge is 0.494 e. The van der Waals surface area contributed by atoms with Crippen molar-refractivity contribution in [3.05, 3.63) is 24.3 Å². The zero-order valence-corrected chi connectivity index (χ0v) is 13.7. The molecule has 1 N–H and O–H groups in total. The number of piperazine rings is 1. The predicted octanol–water partition coefficient (Wildman–Crippen LogP) is 2.17. The van der Waals surface area contributed by atoms with E-state index in [-0.39, 0.29) is 10.6 Å². The first kappa shape index (κ1) is 7.46.